The van der Waals surface area contributed by atoms with Crippen molar-refractivity contribution in [2.24, 2.45) is 7.05 Å². The molecule has 1 aliphatic rings. The lowest BCUT2D eigenvalue weighted by Gasteiger charge is -2.37. The number of aldehydes is 1. The quantitative estimate of drug-likeness (QED) is 0.330. The zero-order valence-corrected chi connectivity index (χ0v) is 22.9. The molecular weight excluding hydrogens is 520 g/mol. The van der Waals surface area contributed by atoms with E-state index in [0.29, 0.717) is 47.0 Å². The van der Waals surface area contributed by atoms with Crippen LogP contribution in [0.3, 0.4) is 0 Å². The number of benzene rings is 1. The van der Waals surface area contributed by atoms with Crippen LogP contribution in [0.1, 0.15) is 44.0 Å². The zero-order valence-electron chi connectivity index (χ0n) is 22.1. The summed E-state index contributed by atoms with van der Waals surface area (Å²) in [6, 6.07) is 9.70. The smallest absolute Gasteiger partial charge is 0.407 e. The van der Waals surface area contributed by atoms with Gasteiger partial charge < -0.3 is 15.4 Å². The molecule has 0 bridgehead atoms. The number of aryl methyl sites for hydroxylation is 1. The van der Waals surface area contributed by atoms with E-state index in [2.05, 4.69) is 20.7 Å². The molecule has 39 heavy (non-hydrogen) atoms. The Morgan fingerprint density at radius 2 is 1.85 bits per heavy atom. The maximum absolute atomic E-state index is 13.9. The first-order valence-corrected chi connectivity index (χ1v) is 14.0. The van der Waals surface area contributed by atoms with E-state index in [1.54, 1.807) is 69.2 Å². The Morgan fingerprint density at radius 3 is 2.46 bits per heavy atom. The van der Waals surface area contributed by atoms with E-state index in [9.17, 15) is 18.0 Å². The summed E-state index contributed by atoms with van der Waals surface area (Å²) < 4.78 is 35.8. The summed E-state index contributed by atoms with van der Waals surface area (Å²) in [6.07, 6.45) is 6.11. The number of fused-ring (bicyclic) bond motifs is 1. The van der Waals surface area contributed by atoms with E-state index in [0.717, 1.165) is 0 Å². The first kappa shape index (κ1) is 26.4. The summed E-state index contributed by atoms with van der Waals surface area (Å²) in [6.45, 7) is 5.41. The summed E-state index contributed by atoms with van der Waals surface area (Å²) >= 11 is 0. The van der Waals surface area contributed by atoms with Crippen molar-refractivity contribution in [2.45, 2.75) is 56.2 Å². The highest BCUT2D eigenvalue weighted by molar-refractivity contribution is 7.90. The second kappa shape index (κ2) is 9.84. The molecule has 2 N–H and O–H groups in total. The van der Waals surface area contributed by atoms with E-state index in [1.807, 2.05) is 0 Å². The van der Waals surface area contributed by atoms with Gasteiger partial charge in [-0.15, -0.1) is 0 Å². The highest BCUT2D eigenvalue weighted by Gasteiger charge is 2.33. The Bertz CT molecular complexity index is 1650. The molecular formula is C27H30N6O5S. The van der Waals surface area contributed by atoms with Crippen LogP contribution in [0.15, 0.2) is 59.9 Å². The standard InChI is InChI=1S/C27H30N6O5S/c1-27(2,3)38-26(35)31-20-10-19(11-20)30-24-18(16-34)13-28-25-22(24)12-23(17-14-29-32(4)15-17)33(25)39(36,37)21-8-6-5-7-9-21/h5-9,12-16,19-20H,10-11H2,1-4H3,(H,28,30)(H,31,35). The van der Waals surface area contributed by atoms with Gasteiger partial charge in [0.05, 0.1) is 28.0 Å². The van der Waals surface area contributed by atoms with E-state index in [1.165, 1.54) is 22.3 Å². The molecule has 12 heteroatoms. The van der Waals surface area contributed by atoms with Crippen molar-refractivity contribution in [2.75, 3.05) is 5.32 Å². The molecule has 1 aliphatic carbocycles. The van der Waals surface area contributed by atoms with Gasteiger partial charge in [0.2, 0.25) is 0 Å². The minimum atomic E-state index is -4.05. The molecule has 0 aliphatic heterocycles. The fourth-order valence-electron chi connectivity index (χ4n) is 4.62. The number of pyridine rings is 1. The first-order valence-electron chi connectivity index (χ1n) is 12.5. The SMILES string of the molecule is Cn1cc(-c2cc3c(NC4CC(NC(=O)OC(C)(C)C)C4)c(C=O)cnc3n2S(=O)(=O)c2ccccc2)cn1. The number of hydrogen-bond donors (Lipinski definition) is 2. The molecule has 0 spiro atoms. The van der Waals surface area contributed by atoms with Crippen LogP contribution in [0.5, 0.6) is 0 Å². The van der Waals surface area contributed by atoms with Crippen LogP contribution in [0.4, 0.5) is 10.5 Å². The lowest BCUT2D eigenvalue weighted by atomic mass is 9.86. The number of carbonyl (C=O) groups excluding carboxylic acids is 2. The molecule has 204 valence electrons. The van der Waals surface area contributed by atoms with Crippen molar-refractivity contribution in [3.8, 4) is 11.3 Å². The Morgan fingerprint density at radius 1 is 1.13 bits per heavy atom. The predicted molar refractivity (Wildman–Crippen MR) is 146 cm³/mol. The highest BCUT2D eigenvalue weighted by Crippen LogP contribution is 2.37. The summed E-state index contributed by atoms with van der Waals surface area (Å²) in [5.41, 5.74) is 1.35. The molecule has 5 rings (SSSR count). The van der Waals surface area contributed by atoms with E-state index in [-0.39, 0.29) is 22.6 Å². The van der Waals surface area contributed by atoms with Gasteiger partial charge in [0.1, 0.15) is 5.60 Å². The van der Waals surface area contributed by atoms with Crippen LogP contribution < -0.4 is 10.6 Å². The Kier molecular flexibility index (Phi) is 6.67. The largest absolute Gasteiger partial charge is 0.444 e. The molecule has 11 nitrogen and oxygen atoms in total. The van der Waals surface area contributed by atoms with Crippen LogP contribution >= 0.6 is 0 Å². The number of carbonyl (C=O) groups is 2. The minimum Gasteiger partial charge on any atom is -0.444 e. The number of anilines is 1. The number of ether oxygens (including phenoxy) is 1. The number of amides is 1. The van der Waals surface area contributed by atoms with Crippen LogP contribution in [-0.4, -0.2) is 57.2 Å². The third-order valence-electron chi connectivity index (χ3n) is 6.43. The van der Waals surface area contributed by atoms with E-state index >= 15 is 0 Å². The number of nitrogens with zero attached hydrogens (tertiary/aromatic N) is 4. The predicted octanol–water partition coefficient (Wildman–Crippen LogP) is 3.95. The molecule has 0 radical (unpaired) electrons. The van der Waals surface area contributed by atoms with E-state index in [4.69, 9.17) is 4.74 Å². The average molecular weight is 551 g/mol. The van der Waals surface area contributed by atoms with Gasteiger partial charge in [-0.2, -0.15) is 5.10 Å². The van der Waals surface area contributed by atoms with Crippen LogP contribution in [0, 0.1) is 0 Å². The van der Waals surface area contributed by atoms with Crippen molar-refractivity contribution < 1.29 is 22.7 Å². The van der Waals surface area contributed by atoms with Crippen molar-refractivity contribution in [3.05, 3.63) is 60.6 Å². The monoisotopic (exact) mass is 550 g/mol. The summed E-state index contributed by atoms with van der Waals surface area (Å²) in [5.74, 6) is 0. The number of hydrogen-bond acceptors (Lipinski definition) is 8. The van der Waals surface area contributed by atoms with E-state index < -0.39 is 21.7 Å². The minimum absolute atomic E-state index is 0.0508. The molecule has 3 aromatic heterocycles. The van der Waals surface area contributed by atoms with Crippen LogP contribution in [0.2, 0.25) is 0 Å². The third-order valence-corrected chi connectivity index (χ3v) is 8.15. The van der Waals surface area contributed by atoms with Gasteiger partial charge >= 0.3 is 6.09 Å². The van der Waals surface area contributed by atoms with Crippen LogP contribution in [-0.2, 0) is 21.8 Å². The normalized spacial score (nSPS) is 17.4. The molecule has 0 saturated heterocycles. The maximum atomic E-state index is 13.9. The first-order chi connectivity index (χ1) is 18.5. The van der Waals surface area contributed by atoms with Gasteiger partial charge in [0.15, 0.2) is 11.9 Å². The highest BCUT2D eigenvalue weighted by atomic mass is 32.2. The molecule has 1 amide bonds. The average Bonchev–Trinajstić information content (AvgIpc) is 3.46. The molecule has 1 saturated carbocycles. The van der Waals surface area contributed by atoms with Crippen molar-refractivity contribution in [1.29, 1.82) is 0 Å². The molecule has 0 atom stereocenters. The van der Waals surface area contributed by atoms with Gasteiger partial charge in [0, 0.05) is 42.5 Å². The van der Waals surface area contributed by atoms with Gasteiger partial charge in [-0.25, -0.2) is 22.2 Å². The summed E-state index contributed by atoms with van der Waals surface area (Å²) in [7, 11) is -2.30. The Balaban J connectivity index is 1.53. The molecule has 1 aromatic carbocycles. The summed E-state index contributed by atoms with van der Waals surface area (Å²) in [4.78, 5) is 28.6. The third kappa shape index (κ3) is 5.24. The second-order valence-electron chi connectivity index (χ2n) is 10.6. The van der Waals surface area contributed by atoms with Gasteiger partial charge in [-0.1, -0.05) is 18.2 Å². The van der Waals surface area contributed by atoms with Crippen LogP contribution in [0.25, 0.3) is 22.3 Å². The van der Waals surface area contributed by atoms with Crippen molar-refractivity contribution in [3.63, 3.8) is 0 Å². The Labute approximate surface area is 226 Å². The van der Waals surface area contributed by atoms with Gasteiger partial charge in [-0.3, -0.25) is 9.48 Å². The number of alkyl carbamates (subject to hydrolysis) is 1. The van der Waals surface area contributed by atoms with Crippen molar-refractivity contribution in [1.82, 2.24) is 24.1 Å². The number of aromatic nitrogens is 4. The Hall–Kier alpha value is -4.19. The van der Waals surface area contributed by atoms with Gasteiger partial charge in [0.25, 0.3) is 10.0 Å². The second-order valence-corrected chi connectivity index (χ2v) is 12.4. The molecule has 3 heterocycles. The van der Waals surface area contributed by atoms with Crippen molar-refractivity contribution >= 4 is 39.1 Å². The summed E-state index contributed by atoms with van der Waals surface area (Å²) in [5, 5.41) is 10.9. The maximum Gasteiger partial charge on any atom is 0.407 e. The topological polar surface area (TPSA) is 137 Å². The zero-order chi connectivity index (χ0) is 27.9. The number of rotatable bonds is 7. The molecule has 1 fully saturated rings. The molecule has 0 unspecified atom stereocenters. The number of nitrogens with one attached hydrogen (secondary N) is 2. The fourth-order valence-corrected chi connectivity index (χ4v) is 6.12. The van der Waals surface area contributed by atoms with Gasteiger partial charge in [-0.05, 0) is 51.8 Å². The fraction of sp³-hybridized carbons (Fsp3) is 0.333. The lowest BCUT2D eigenvalue weighted by Crippen LogP contribution is -2.50. The lowest BCUT2D eigenvalue weighted by molar-refractivity contribution is 0.0475. The molecule has 4 aromatic rings.